The predicted octanol–water partition coefficient (Wildman–Crippen LogP) is 3.14. The third-order valence-corrected chi connectivity index (χ3v) is 6.47. The Balaban J connectivity index is 1.99. The molecule has 0 saturated carbocycles. The number of aliphatic hydroxyl groups excluding tert-OH is 2. The zero-order valence-corrected chi connectivity index (χ0v) is 27.5. The van der Waals surface area contributed by atoms with Crippen molar-refractivity contribution in [2.24, 2.45) is 0 Å². The molecule has 4 N–H and O–H groups in total. The van der Waals surface area contributed by atoms with Gasteiger partial charge >= 0.3 is 11.9 Å². The van der Waals surface area contributed by atoms with Crippen molar-refractivity contribution < 1.29 is 38.9 Å². The minimum atomic E-state index is -1.11. The Morgan fingerprint density at radius 1 is 0.778 bits per heavy atom. The molecule has 11 heteroatoms. The highest BCUT2D eigenvalue weighted by molar-refractivity contribution is 5.98. The van der Waals surface area contributed by atoms with E-state index < -0.39 is 47.0 Å². The summed E-state index contributed by atoms with van der Waals surface area (Å²) in [6.07, 6.45) is 0.505. The van der Waals surface area contributed by atoms with E-state index in [0.29, 0.717) is 25.1 Å². The largest absolute Gasteiger partial charge is 0.460 e. The first-order valence-electron chi connectivity index (χ1n) is 15.2. The van der Waals surface area contributed by atoms with Crippen LogP contribution in [0.2, 0.25) is 0 Å². The molecule has 2 rings (SSSR count). The number of hydrogen-bond acceptors (Lipinski definition) is 9. The van der Waals surface area contributed by atoms with Gasteiger partial charge in [-0.2, -0.15) is 0 Å². The van der Waals surface area contributed by atoms with Gasteiger partial charge in [-0.1, -0.05) is 24.3 Å². The number of carbonyl (C=O) groups excluding carboxylic acids is 4. The summed E-state index contributed by atoms with van der Waals surface area (Å²) in [5.74, 6) is -2.24. The minimum Gasteiger partial charge on any atom is -0.460 e. The van der Waals surface area contributed by atoms with Gasteiger partial charge in [0.2, 0.25) is 5.91 Å². The molecule has 2 aromatic rings. The highest BCUT2D eigenvalue weighted by atomic mass is 16.6. The zero-order chi connectivity index (χ0) is 33.8. The number of esters is 2. The van der Waals surface area contributed by atoms with Crippen LogP contribution in [0.25, 0.3) is 0 Å². The Morgan fingerprint density at radius 3 is 1.78 bits per heavy atom. The summed E-state index contributed by atoms with van der Waals surface area (Å²) in [6.45, 7) is 12.7. The Labute approximate surface area is 266 Å². The molecule has 0 saturated heterocycles. The number of rotatable bonds is 15. The first-order valence-corrected chi connectivity index (χ1v) is 15.2. The van der Waals surface area contributed by atoms with Crippen molar-refractivity contribution in [2.75, 3.05) is 31.2 Å². The van der Waals surface area contributed by atoms with E-state index in [1.165, 1.54) is 6.92 Å². The van der Waals surface area contributed by atoms with Gasteiger partial charge in [0, 0.05) is 30.8 Å². The topological polar surface area (TPSA) is 154 Å². The van der Waals surface area contributed by atoms with Crippen LogP contribution in [0.5, 0.6) is 0 Å². The van der Waals surface area contributed by atoms with Crippen LogP contribution in [0.1, 0.15) is 82.8 Å². The van der Waals surface area contributed by atoms with Crippen molar-refractivity contribution in [1.29, 1.82) is 0 Å². The Kier molecular flexibility index (Phi) is 14.0. The smallest absolute Gasteiger partial charge is 0.329 e. The second kappa shape index (κ2) is 16.9. The van der Waals surface area contributed by atoms with Crippen molar-refractivity contribution in [2.45, 2.75) is 91.0 Å². The van der Waals surface area contributed by atoms with Gasteiger partial charge in [-0.3, -0.25) is 14.4 Å². The van der Waals surface area contributed by atoms with Crippen molar-refractivity contribution in [3.05, 3.63) is 65.2 Å². The maximum absolute atomic E-state index is 13.0. The predicted molar refractivity (Wildman–Crippen MR) is 172 cm³/mol. The molecule has 0 bridgehead atoms. The lowest BCUT2D eigenvalue weighted by atomic mass is 10.0. The SMILES string of the molecule is C[C@H](NC(=O)c1ccc(Cc2ccc(N(CCO)CCO)cc2)cc1)C(=O)N[C@@H](CCC(=O)OC(C)(C)C)C(=O)OC(C)(C)C. The Hall–Kier alpha value is -3.96. The number of benzene rings is 2. The lowest BCUT2D eigenvalue weighted by molar-refractivity contribution is -0.160. The molecule has 0 aliphatic rings. The van der Waals surface area contributed by atoms with Crippen LogP contribution in [-0.2, 0) is 30.3 Å². The van der Waals surface area contributed by atoms with E-state index in [0.717, 1.165) is 16.8 Å². The highest BCUT2D eigenvalue weighted by Crippen LogP contribution is 2.18. The molecule has 2 aromatic carbocycles. The number of nitrogens with one attached hydrogen (secondary N) is 2. The first-order chi connectivity index (χ1) is 21.0. The van der Waals surface area contributed by atoms with Crippen molar-refractivity contribution in [3.63, 3.8) is 0 Å². The molecule has 2 atom stereocenters. The molecule has 0 heterocycles. The summed E-state index contributed by atoms with van der Waals surface area (Å²) >= 11 is 0. The van der Waals surface area contributed by atoms with E-state index in [1.807, 2.05) is 41.3 Å². The molecule has 0 fully saturated rings. The average molecular weight is 628 g/mol. The summed E-state index contributed by atoms with van der Waals surface area (Å²) in [5, 5.41) is 23.8. The summed E-state index contributed by atoms with van der Waals surface area (Å²) < 4.78 is 10.8. The minimum absolute atomic E-state index is 0.00637. The van der Waals surface area contributed by atoms with Gasteiger partial charge in [-0.05, 0) is 96.7 Å². The molecule has 0 spiro atoms. The van der Waals surface area contributed by atoms with E-state index in [4.69, 9.17) is 9.47 Å². The quantitative estimate of drug-likeness (QED) is 0.218. The molecule has 0 aromatic heterocycles. The lowest BCUT2D eigenvalue weighted by Crippen LogP contribution is -2.51. The van der Waals surface area contributed by atoms with Gasteiger partial charge in [0.15, 0.2) is 0 Å². The van der Waals surface area contributed by atoms with Gasteiger partial charge in [0.1, 0.15) is 23.3 Å². The number of nitrogens with zero attached hydrogens (tertiary/aromatic N) is 1. The second-order valence-corrected chi connectivity index (χ2v) is 12.9. The number of carbonyl (C=O) groups is 4. The maximum atomic E-state index is 13.0. The summed E-state index contributed by atoms with van der Waals surface area (Å²) in [4.78, 5) is 52.9. The third-order valence-electron chi connectivity index (χ3n) is 6.47. The maximum Gasteiger partial charge on any atom is 0.329 e. The Morgan fingerprint density at radius 2 is 1.29 bits per heavy atom. The number of hydrogen-bond donors (Lipinski definition) is 4. The molecule has 248 valence electrons. The standard InChI is InChI=1S/C34H49N3O8/c1-23(30(41)36-28(32(43)45-34(5,6)7)16-17-29(40)44-33(2,3)4)35-31(42)26-12-8-24(9-13-26)22-25-10-14-27(15-11-25)37(18-20-38)19-21-39/h8-15,23,28,38-39H,16-22H2,1-7H3,(H,35,42)(H,36,41)/t23-,28-/m0/s1. The molecule has 45 heavy (non-hydrogen) atoms. The highest BCUT2D eigenvalue weighted by Gasteiger charge is 2.30. The zero-order valence-electron chi connectivity index (χ0n) is 27.5. The monoisotopic (exact) mass is 627 g/mol. The fourth-order valence-electron chi connectivity index (χ4n) is 4.36. The van der Waals surface area contributed by atoms with Gasteiger partial charge < -0.3 is 35.2 Å². The molecule has 0 radical (unpaired) electrons. The normalized spacial score (nSPS) is 12.9. The summed E-state index contributed by atoms with van der Waals surface area (Å²) in [5.41, 5.74) is 1.83. The molecular weight excluding hydrogens is 578 g/mol. The van der Waals surface area contributed by atoms with Crippen molar-refractivity contribution in [1.82, 2.24) is 10.6 Å². The van der Waals surface area contributed by atoms with Crippen molar-refractivity contribution >= 4 is 29.4 Å². The second-order valence-electron chi connectivity index (χ2n) is 12.9. The molecule has 0 unspecified atom stereocenters. The first kappa shape index (κ1) is 37.2. The van der Waals surface area contributed by atoms with Crippen molar-refractivity contribution in [3.8, 4) is 0 Å². The van der Waals surface area contributed by atoms with Gasteiger partial charge in [-0.25, -0.2) is 4.79 Å². The lowest BCUT2D eigenvalue weighted by Gasteiger charge is -2.26. The Bertz CT molecular complexity index is 1260. The molecule has 0 aliphatic heterocycles. The number of anilines is 1. The van der Waals surface area contributed by atoms with Crippen LogP contribution in [0.3, 0.4) is 0 Å². The van der Waals surface area contributed by atoms with Crippen LogP contribution in [-0.4, -0.2) is 83.6 Å². The van der Waals surface area contributed by atoms with Crippen LogP contribution < -0.4 is 15.5 Å². The van der Waals surface area contributed by atoms with E-state index >= 15 is 0 Å². The number of amides is 2. The van der Waals surface area contributed by atoms with Crippen LogP contribution in [0.15, 0.2) is 48.5 Å². The van der Waals surface area contributed by atoms with Gasteiger partial charge in [0.05, 0.1) is 13.2 Å². The van der Waals surface area contributed by atoms with Crippen LogP contribution >= 0.6 is 0 Å². The van der Waals surface area contributed by atoms with Crippen LogP contribution in [0.4, 0.5) is 5.69 Å². The van der Waals surface area contributed by atoms with E-state index in [1.54, 1.807) is 53.7 Å². The fraction of sp³-hybridized carbons (Fsp3) is 0.529. The fourth-order valence-corrected chi connectivity index (χ4v) is 4.36. The molecule has 0 aliphatic carbocycles. The van der Waals surface area contributed by atoms with E-state index in [9.17, 15) is 29.4 Å². The van der Waals surface area contributed by atoms with Crippen LogP contribution in [0, 0.1) is 0 Å². The average Bonchev–Trinajstić information content (AvgIpc) is 2.94. The molecule has 2 amide bonds. The van der Waals surface area contributed by atoms with Gasteiger partial charge in [-0.15, -0.1) is 0 Å². The number of ether oxygens (including phenoxy) is 2. The number of aliphatic hydroxyl groups is 2. The van der Waals surface area contributed by atoms with Gasteiger partial charge in [0.25, 0.3) is 5.91 Å². The molecule has 11 nitrogen and oxygen atoms in total. The third kappa shape index (κ3) is 13.7. The molecular formula is C34H49N3O8. The van der Waals surface area contributed by atoms with E-state index in [-0.39, 0.29) is 26.1 Å². The van der Waals surface area contributed by atoms with E-state index in [2.05, 4.69) is 10.6 Å². The summed E-state index contributed by atoms with van der Waals surface area (Å²) in [7, 11) is 0. The summed E-state index contributed by atoms with van der Waals surface area (Å²) in [6, 6.07) is 12.8.